The summed E-state index contributed by atoms with van der Waals surface area (Å²) in [6, 6.07) is 0. The predicted molar refractivity (Wildman–Crippen MR) is 61.9 cm³/mol. The van der Waals surface area contributed by atoms with Crippen LogP contribution in [0.3, 0.4) is 0 Å². The molecule has 2 aliphatic heterocycles. The standard InChI is InChI=1S/C12H24N2O/c1-11(2)6-8-13-12(15-11)5-4-9-14(3)10-7-12/h13H,4-10H2,1-3H3. The number of ether oxygens (including phenoxy) is 1. The summed E-state index contributed by atoms with van der Waals surface area (Å²) in [5.74, 6) is 0. The molecule has 0 aromatic heterocycles. The number of hydrogen-bond donors (Lipinski definition) is 1. The highest BCUT2D eigenvalue weighted by molar-refractivity contribution is 4.90. The van der Waals surface area contributed by atoms with Crippen LogP contribution < -0.4 is 5.32 Å². The van der Waals surface area contributed by atoms with Gasteiger partial charge in [-0.05, 0) is 46.7 Å². The molecule has 2 heterocycles. The minimum atomic E-state index is -0.0352. The predicted octanol–water partition coefficient (Wildman–Crippen LogP) is 1.59. The molecular formula is C12H24N2O. The Morgan fingerprint density at radius 1 is 1.13 bits per heavy atom. The van der Waals surface area contributed by atoms with Crippen LogP contribution in [0.4, 0.5) is 0 Å². The van der Waals surface area contributed by atoms with E-state index in [2.05, 4.69) is 31.1 Å². The van der Waals surface area contributed by atoms with Crippen molar-refractivity contribution in [3.8, 4) is 0 Å². The lowest BCUT2D eigenvalue weighted by atomic mass is 9.95. The van der Waals surface area contributed by atoms with Gasteiger partial charge in [-0.2, -0.15) is 0 Å². The van der Waals surface area contributed by atoms with Crippen molar-refractivity contribution < 1.29 is 4.74 Å². The second kappa shape index (κ2) is 4.04. The molecule has 3 heteroatoms. The molecule has 2 saturated heterocycles. The van der Waals surface area contributed by atoms with E-state index in [9.17, 15) is 0 Å². The van der Waals surface area contributed by atoms with E-state index >= 15 is 0 Å². The molecule has 0 aromatic carbocycles. The summed E-state index contributed by atoms with van der Waals surface area (Å²) in [6.07, 6.45) is 4.62. The Kier molecular flexibility index (Phi) is 3.06. The fraction of sp³-hybridized carbons (Fsp3) is 1.00. The molecule has 0 bridgehead atoms. The van der Waals surface area contributed by atoms with Crippen LogP contribution in [-0.2, 0) is 4.74 Å². The first-order valence-electron chi connectivity index (χ1n) is 6.15. The lowest BCUT2D eigenvalue weighted by Crippen LogP contribution is -2.58. The molecule has 2 aliphatic rings. The first-order valence-corrected chi connectivity index (χ1v) is 6.15. The van der Waals surface area contributed by atoms with Crippen LogP contribution in [0, 0.1) is 0 Å². The van der Waals surface area contributed by atoms with Gasteiger partial charge in [-0.3, -0.25) is 5.32 Å². The Bertz CT molecular complexity index is 230. The van der Waals surface area contributed by atoms with Crippen molar-refractivity contribution in [3.05, 3.63) is 0 Å². The molecule has 1 atom stereocenters. The fourth-order valence-corrected chi connectivity index (χ4v) is 2.73. The lowest BCUT2D eigenvalue weighted by Gasteiger charge is -2.46. The maximum Gasteiger partial charge on any atom is 0.121 e. The highest BCUT2D eigenvalue weighted by atomic mass is 16.5. The van der Waals surface area contributed by atoms with Crippen LogP contribution in [0.25, 0.3) is 0 Å². The number of nitrogens with one attached hydrogen (secondary N) is 1. The highest BCUT2D eigenvalue weighted by Crippen LogP contribution is 2.33. The first kappa shape index (κ1) is 11.4. The van der Waals surface area contributed by atoms with Crippen LogP contribution in [0.15, 0.2) is 0 Å². The second-order valence-corrected chi connectivity index (χ2v) is 5.69. The summed E-state index contributed by atoms with van der Waals surface area (Å²) in [7, 11) is 2.20. The Morgan fingerprint density at radius 2 is 1.93 bits per heavy atom. The van der Waals surface area contributed by atoms with Crippen molar-refractivity contribution >= 4 is 0 Å². The van der Waals surface area contributed by atoms with Gasteiger partial charge < -0.3 is 9.64 Å². The summed E-state index contributed by atoms with van der Waals surface area (Å²) in [5.41, 5.74) is 0.0146. The van der Waals surface area contributed by atoms with Gasteiger partial charge in [0.15, 0.2) is 0 Å². The van der Waals surface area contributed by atoms with Crippen LogP contribution in [-0.4, -0.2) is 42.9 Å². The monoisotopic (exact) mass is 212 g/mol. The first-order chi connectivity index (χ1) is 7.02. The summed E-state index contributed by atoms with van der Waals surface area (Å²) >= 11 is 0. The van der Waals surface area contributed by atoms with Gasteiger partial charge in [0.1, 0.15) is 5.72 Å². The van der Waals surface area contributed by atoms with Gasteiger partial charge in [0.2, 0.25) is 0 Å². The SMILES string of the molecule is CN1CCCC2(CC1)NCCC(C)(C)O2. The van der Waals surface area contributed by atoms with Crippen LogP contribution in [0.2, 0.25) is 0 Å². The van der Waals surface area contributed by atoms with E-state index in [-0.39, 0.29) is 11.3 Å². The van der Waals surface area contributed by atoms with E-state index in [0.29, 0.717) is 0 Å². The van der Waals surface area contributed by atoms with Gasteiger partial charge in [-0.25, -0.2) is 0 Å². The maximum atomic E-state index is 6.29. The Morgan fingerprint density at radius 3 is 2.67 bits per heavy atom. The molecule has 1 N–H and O–H groups in total. The van der Waals surface area contributed by atoms with Crippen molar-refractivity contribution in [1.29, 1.82) is 0 Å². The molecule has 3 nitrogen and oxygen atoms in total. The Balaban J connectivity index is 2.04. The van der Waals surface area contributed by atoms with Gasteiger partial charge in [-0.1, -0.05) is 0 Å². The Hall–Kier alpha value is -0.120. The van der Waals surface area contributed by atoms with Crippen LogP contribution >= 0.6 is 0 Å². The van der Waals surface area contributed by atoms with E-state index in [1.165, 1.54) is 13.0 Å². The van der Waals surface area contributed by atoms with Gasteiger partial charge >= 0.3 is 0 Å². The highest BCUT2D eigenvalue weighted by Gasteiger charge is 2.40. The molecule has 88 valence electrons. The zero-order chi connectivity index (χ0) is 10.9. The van der Waals surface area contributed by atoms with Gasteiger partial charge in [0.05, 0.1) is 5.60 Å². The number of hydrogen-bond acceptors (Lipinski definition) is 3. The van der Waals surface area contributed by atoms with Crippen molar-refractivity contribution in [3.63, 3.8) is 0 Å². The van der Waals surface area contributed by atoms with Crippen LogP contribution in [0.1, 0.15) is 39.5 Å². The third-order valence-corrected chi connectivity index (χ3v) is 3.66. The molecule has 2 fully saturated rings. The van der Waals surface area contributed by atoms with Crippen molar-refractivity contribution in [2.45, 2.75) is 50.9 Å². The number of rotatable bonds is 0. The lowest BCUT2D eigenvalue weighted by molar-refractivity contribution is -0.190. The van der Waals surface area contributed by atoms with Crippen molar-refractivity contribution in [2.75, 3.05) is 26.7 Å². The molecule has 0 saturated carbocycles. The van der Waals surface area contributed by atoms with Gasteiger partial charge in [-0.15, -0.1) is 0 Å². The molecule has 2 rings (SSSR count). The minimum absolute atomic E-state index is 0.0352. The van der Waals surface area contributed by atoms with E-state index in [1.807, 2.05) is 0 Å². The summed E-state index contributed by atoms with van der Waals surface area (Å²) < 4.78 is 6.29. The molecule has 1 unspecified atom stereocenters. The third kappa shape index (κ3) is 2.71. The molecule has 0 radical (unpaired) electrons. The second-order valence-electron chi connectivity index (χ2n) is 5.69. The van der Waals surface area contributed by atoms with Gasteiger partial charge in [0, 0.05) is 19.5 Å². The summed E-state index contributed by atoms with van der Waals surface area (Å²) in [5, 5.41) is 3.60. The van der Waals surface area contributed by atoms with Crippen molar-refractivity contribution in [2.24, 2.45) is 0 Å². The Labute approximate surface area is 93.2 Å². The van der Waals surface area contributed by atoms with E-state index < -0.39 is 0 Å². The zero-order valence-corrected chi connectivity index (χ0v) is 10.3. The minimum Gasteiger partial charge on any atom is -0.355 e. The fourth-order valence-electron chi connectivity index (χ4n) is 2.73. The normalized spacial score (nSPS) is 37.8. The van der Waals surface area contributed by atoms with E-state index in [0.717, 1.165) is 32.4 Å². The smallest absolute Gasteiger partial charge is 0.121 e. The molecule has 0 amide bonds. The maximum absolute atomic E-state index is 6.29. The topological polar surface area (TPSA) is 24.5 Å². The molecule has 0 aliphatic carbocycles. The molecule has 0 aromatic rings. The molecular weight excluding hydrogens is 188 g/mol. The summed E-state index contributed by atoms with van der Waals surface area (Å²) in [6.45, 7) is 7.86. The average Bonchev–Trinajstić information content (AvgIpc) is 2.28. The third-order valence-electron chi connectivity index (χ3n) is 3.66. The number of likely N-dealkylation sites (tertiary alicyclic amines) is 1. The van der Waals surface area contributed by atoms with Gasteiger partial charge in [0.25, 0.3) is 0 Å². The quantitative estimate of drug-likeness (QED) is 0.660. The largest absolute Gasteiger partial charge is 0.355 e. The van der Waals surface area contributed by atoms with E-state index in [1.54, 1.807) is 0 Å². The molecule has 1 spiro atoms. The molecule has 15 heavy (non-hydrogen) atoms. The van der Waals surface area contributed by atoms with Crippen molar-refractivity contribution in [1.82, 2.24) is 10.2 Å². The van der Waals surface area contributed by atoms with E-state index in [4.69, 9.17) is 4.74 Å². The number of nitrogens with zero attached hydrogens (tertiary/aromatic N) is 1. The average molecular weight is 212 g/mol. The van der Waals surface area contributed by atoms with Crippen LogP contribution in [0.5, 0.6) is 0 Å². The zero-order valence-electron chi connectivity index (χ0n) is 10.3. The summed E-state index contributed by atoms with van der Waals surface area (Å²) in [4.78, 5) is 2.40.